The van der Waals surface area contributed by atoms with E-state index in [0.717, 1.165) is 38.6 Å². The second-order valence-electron chi connectivity index (χ2n) is 6.22. The second kappa shape index (κ2) is 6.06. The van der Waals surface area contributed by atoms with E-state index in [0.29, 0.717) is 23.9 Å². The van der Waals surface area contributed by atoms with Crippen molar-refractivity contribution in [1.82, 2.24) is 20.2 Å². The van der Waals surface area contributed by atoms with E-state index in [1.807, 2.05) is 0 Å². The van der Waals surface area contributed by atoms with Crippen molar-refractivity contribution in [3.8, 4) is 0 Å². The number of rotatable bonds is 9. The first kappa shape index (κ1) is 15.0. The number of sulfonamides is 1. The Morgan fingerprint density at radius 1 is 1.33 bits per heavy atom. The molecule has 0 bridgehead atoms. The fraction of sp³-hybridized carbons (Fsp3) is 0.786. The van der Waals surface area contributed by atoms with Crippen LogP contribution in [0.3, 0.4) is 0 Å². The van der Waals surface area contributed by atoms with Gasteiger partial charge < -0.3 is 5.32 Å². The molecule has 0 amide bonds. The number of hydrogen-bond donors (Lipinski definition) is 3. The molecule has 118 valence electrons. The summed E-state index contributed by atoms with van der Waals surface area (Å²) in [4.78, 5) is 0. The van der Waals surface area contributed by atoms with Gasteiger partial charge in [-0.05, 0) is 50.5 Å². The molecule has 0 radical (unpaired) electrons. The summed E-state index contributed by atoms with van der Waals surface area (Å²) in [6, 6.07) is 0.120. The van der Waals surface area contributed by atoms with Crippen molar-refractivity contribution in [2.24, 2.45) is 11.8 Å². The SMILES string of the molecule is CCCNCc1cn[nH]c1S(=O)(=O)NC(C1CC1)C1CC1. The molecule has 6 nitrogen and oxygen atoms in total. The summed E-state index contributed by atoms with van der Waals surface area (Å²) in [6.07, 6.45) is 7.22. The van der Waals surface area contributed by atoms with Gasteiger partial charge in [0.15, 0.2) is 5.03 Å². The molecule has 0 unspecified atom stereocenters. The molecule has 3 N–H and O–H groups in total. The molecule has 1 aromatic heterocycles. The fourth-order valence-corrected chi connectivity index (χ4v) is 4.29. The number of nitrogens with one attached hydrogen (secondary N) is 3. The topological polar surface area (TPSA) is 86.9 Å². The third kappa shape index (κ3) is 3.64. The Balaban J connectivity index is 1.70. The van der Waals surface area contributed by atoms with Gasteiger partial charge in [0, 0.05) is 18.2 Å². The lowest BCUT2D eigenvalue weighted by Gasteiger charge is -2.17. The lowest BCUT2D eigenvalue weighted by Crippen LogP contribution is -2.38. The molecule has 2 saturated carbocycles. The molecule has 2 aliphatic rings. The van der Waals surface area contributed by atoms with Crippen LogP contribution < -0.4 is 10.0 Å². The average molecular weight is 312 g/mol. The quantitative estimate of drug-likeness (QED) is 0.601. The van der Waals surface area contributed by atoms with E-state index in [1.54, 1.807) is 6.20 Å². The lowest BCUT2D eigenvalue weighted by molar-refractivity contribution is 0.469. The molecule has 21 heavy (non-hydrogen) atoms. The van der Waals surface area contributed by atoms with Crippen LogP contribution in [-0.4, -0.2) is 31.2 Å². The predicted octanol–water partition coefficient (Wildman–Crippen LogP) is 1.38. The highest BCUT2D eigenvalue weighted by molar-refractivity contribution is 7.89. The summed E-state index contributed by atoms with van der Waals surface area (Å²) in [7, 11) is -3.50. The molecule has 1 aromatic rings. The first-order valence-corrected chi connectivity index (χ1v) is 9.35. The summed E-state index contributed by atoms with van der Waals surface area (Å²) in [5.41, 5.74) is 0.710. The van der Waals surface area contributed by atoms with Gasteiger partial charge in [0.2, 0.25) is 0 Å². The van der Waals surface area contributed by atoms with E-state index in [-0.39, 0.29) is 11.1 Å². The first-order valence-electron chi connectivity index (χ1n) is 7.87. The van der Waals surface area contributed by atoms with Crippen LogP contribution in [0, 0.1) is 11.8 Å². The van der Waals surface area contributed by atoms with Crippen molar-refractivity contribution >= 4 is 10.0 Å². The molecule has 3 rings (SSSR count). The molecule has 1 heterocycles. The number of aromatic amines is 1. The van der Waals surface area contributed by atoms with Gasteiger partial charge in [-0.25, -0.2) is 13.1 Å². The van der Waals surface area contributed by atoms with E-state index < -0.39 is 10.0 Å². The Kier molecular flexibility index (Phi) is 4.33. The fourth-order valence-electron chi connectivity index (χ4n) is 2.78. The highest BCUT2D eigenvalue weighted by Crippen LogP contribution is 2.45. The lowest BCUT2D eigenvalue weighted by atomic mass is 10.1. The largest absolute Gasteiger partial charge is 0.313 e. The number of aromatic nitrogens is 2. The molecule has 0 aromatic carbocycles. The number of nitrogens with zero attached hydrogens (tertiary/aromatic N) is 1. The highest BCUT2D eigenvalue weighted by atomic mass is 32.2. The van der Waals surface area contributed by atoms with Crippen molar-refractivity contribution in [2.45, 2.75) is 56.6 Å². The maximum atomic E-state index is 12.6. The summed E-state index contributed by atoms with van der Waals surface area (Å²) in [5.74, 6) is 1.08. The summed E-state index contributed by atoms with van der Waals surface area (Å²) < 4.78 is 28.1. The summed E-state index contributed by atoms with van der Waals surface area (Å²) in [5, 5.41) is 10.0. The van der Waals surface area contributed by atoms with Crippen LogP contribution in [0.15, 0.2) is 11.2 Å². The number of H-pyrrole nitrogens is 1. The van der Waals surface area contributed by atoms with Crippen LogP contribution >= 0.6 is 0 Å². The molecular weight excluding hydrogens is 288 g/mol. The van der Waals surface area contributed by atoms with Crippen LogP contribution in [0.2, 0.25) is 0 Å². The minimum atomic E-state index is -3.50. The van der Waals surface area contributed by atoms with Crippen molar-refractivity contribution in [3.05, 3.63) is 11.8 Å². The maximum Gasteiger partial charge on any atom is 0.258 e. The molecular formula is C14H24N4O2S. The first-order chi connectivity index (χ1) is 10.1. The van der Waals surface area contributed by atoms with E-state index in [4.69, 9.17) is 0 Å². The van der Waals surface area contributed by atoms with Gasteiger partial charge in [-0.3, -0.25) is 5.10 Å². The van der Waals surface area contributed by atoms with E-state index >= 15 is 0 Å². The van der Waals surface area contributed by atoms with E-state index in [1.165, 1.54) is 0 Å². The highest BCUT2D eigenvalue weighted by Gasteiger charge is 2.43. The third-order valence-electron chi connectivity index (χ3n) is 4.24. The van der Waals surface area contributed by atoms with Gasteiger partial charge >= 0.3 is 0 Å². The molecule has 0 aliphatic heterocycles. The van der Waals surface area contributed by atoms with Gasteiger partial charge in [-0.2, -0.15) is 5.10 Å². The smallest absolute Gasteiger partial charge is 0.258 e. The molecule has 0 saturated heterocycles. The molecule has 2 fully saturated rings. The standard InChI is InChI=1S/C14H24N4O2S/c1-2-7-15-8-12-9-16-17-14(12)21(19,20)18-13(10-3-4-10)11-5-6-11/h9-11,13,15,18H,2-8H2,1H3,(H,16,17). The van der Waals surface area contributed by atoms with Crippen LogP contribution in [0.1, 0.15) is 44.6 Å². The zero-order valence-electron chi connectivity index (χ0n) is 12.4. The zero-order chi connectivity index (χ0) is 14.9. The van der Waals surface area contributed by atoms with Crippen LogP contribution in [0.4, 0.5) is 0 Å². The van der Waals surface area contributed by atoms with E-state index in [2.05, 4.69) is 27.2 Å². The van der Waals surface area contributed by atoms with Gasteiger partial charge in [-0.1, -0.05) is 6.92 Å². The molecule has 2 aliphatic carbocycles. The van der Waals surface area contributed by atoms with Gasteiger partial charge in [0.1, 0.15) is 0 Å². The summed E-state index contributed by atoms with van der Waals surface area (Å²) >= 11 is 0. The third-order valence-corrected chi connectivity index (χ3v) is 5.71. The Hall–Kier alpha value is -0.920. The Morgan fingerprint density at radius 2 is 2.00 bits per heavy atom. The zero-order valence-corrected chi connectivity index (χ0v) is 13.2. The monoisotopic (exact) mass is 312 g/mol. The van der Waals surface area contributed by atoms with Gasteiger partial charge in [0.05, 0.1) is 6.20 Å². The minimum Gasteiger partial charge on any atom is -0.313 e. The van der Waals surface area contributed by atoms with Gasteiger partial charge in [-0.15, -0.1) is 0 Å². The van der Waals surface area contributed by atoms with Crippen molar-refractivity contribution < 1.29 is 8.42 Å². The van der Waals surface area contributed by atoms with Crippen LogP contribution in [0.5, 0.6) is 0 Å². The number of hydrogen-bond acceptors (Lipinski definition) is 4. The van der Waals surface area contributed by atoms with Crippen molar-refractivity contribution in [3.63, 3.8) is 0 Å². The Labute approximate surface area is 126 Å². The minimum absolute atomic E-state index is 0.120. The summed E-state index contributed by atoms with van der Waals surface area (Å²) in [6.45, 7) is 3.47. The van der Waals surface area contributed by atoms with Crippen LogP contribution in [0.25, 0.3) is 0 Å². The van der Waals surface area contributed by atoms with Crippen molar-refractivity contribution in [2.75, 3.05) is 6.54 Å². The maximum absolute atomic E-state index is 12.6. The molecule has 0 atom stereocenters. The van der Waals surface area contributed by atoms with E-state index in [9.17, 15) is 8.42 Å². The van der Waals surface area contributed by atoms with Crippen LogP contribution in [-0.2, 0) is 16.6 Å². The molecule has 0 spiro atoms. The normalized spacial score (nSPS) is 19.3. The van der Waals surface area contributed by atoms with Gasteiger partial charge in [0.25, 0.3) is 10.0 Å². The second-order valence-corrected chi connectivity index (χ2v) is 7.87. The average Bonchev–Trinajstić information content (AvgIpc) is 3.35. The Morgan fingerprint density at radius 3 is 2.57 bits per heavy atom. The van der Waals surface area contributed by atoms with Crippen molar-refractivity contribution in [1.29, 1.82) is 0 Å². The Bertz CT molecular complexity index is 564. The molecule has 7 heteroatoms. The predicted molar refractivity (Wildman–Crippen MR) is 80.1 cm³/mol.